The topological polar surface area (TPSA) is 54.7 Å². The maximum atomic E-state index is 12.0. The lowest BCUT2D eigenvalue weighted by Gasteiger charge is -2.24. The molecular formula is C16H25IN2O3. The van der Waals surface area contributed by atoms with Crippen LogP contribution in [0.15, 0.2) is 16.5 Å². The molecule has 1 amide bonds. The van der Waals surface area contributed by atoms with E-state index in [4.69, 9.17) is 9.15 Å². The van der Waals surface area contributed by atoms with E-state index in [1.807, 2.05) is 37.8 Å². The second-order valence-electron chi connectivity index (χ2n) is 6.75. The Kier molecular flexibility index (Phi) is 6.14. The Morgan fingerprint density at radius 1 is 1.50 bits per heavy atom. The first-order valence-corrected chi connectivity index (χ1v) is 8.84. The fourth-order valence-corrected chi connectivity index (χ4v) is 2.99. The van der Waals surface area contributed by atoms with Gasteiger partial charge in [0.1, 0.15) is 11.4 Å². The van der Waals surface area contributed by atoms with Gasteiger partial charge in [-0.25, -0.2) is 4.79 Å². The number of furan rings is 1. The van der Waals surface area contributed by atoms with Gasteiger partial charge in [0.2, 0.25) is 0 Å². The maximum absolute atomic E-state index is 12.0. The molecule has 1 aromatic rings. The number of amides is 1. The van der Waals surface area contributed by atoms with Gasteiger partial charge in [-0.05, 0) is 80.8 Å². The molecular weight excluding hydrogens is 395 g/mol. The van der Waals surface area contributed by atoms with Crippen molar-refractivity contribution in [2.24, 2.45) is 5.92 Å². The summed E-state index contributed by atoms with van der Waals surface area (Å²) in [6, 6.07) is 3.96. The van der Waals surface area contributed by atoms with Crippen LogP contribution in [-0.4, -0.2) is 36.2 Å². The lowest BCUT2D eigenvalue weighted by atomic mass is 10.1. The largest absolute Gasteiger partial charge is 0.454 e. The number of rotatable bonds is 5. The fraction of sp³-hybridized carbons (Fsp3) is 0.688. The summed E-state index contributed by atoms with van der Waals surface area (Å²) in [7, 11) is 0. The normalized spacial score (nSPS) is 18.7. The third kappa shape index (κ3) is 5.79. The van der Waals surface area contributed by atoms with Gasteiger partial charge in [-0.15, -0.1) is 0 Å². The number of carbonyl (C=O) groups is 1. The summed E-state index contributed by atoms with van der Waals surface area (Å²) in [5.74, 6) is 1.52. The van der Waals surface area contributed by atoms with E-state index in [0.717, 1.165) is 48.5 Å². The zero-order valence-electron chi connectivity index (χ0n) is 13.5. The number of nitrogens with zero attached hydrogens (tertiary/aromatic N) is 1. The molecule has 1 aliphatic rings. The number of nitrogens with one attached hydrogen (secondary N) is 1. The Bertz CT molecular complexity index is 496. The van der Waals surface area contributed by atoms with Crippen molar-refractivity contribution in [1.29, 1.82) is 0 Å². The van der Waals surface area contributed by atoms with Crippen LogP contribution in [0.2, 0.25) is 0 Å². The average molecular weight is 420 g/mol. The molecule has 1 fully saturated rings. The molecule has 1 N–H and O–H groups in total. The van der Waals surface area contributed by atoms with Crippen LogP contribution in [0.4, 0.5) is 4.79 Å². The molecule has 1 atom stereocenters. The van der Waals surface area contributed by atoms with Crippen LogP contribution in [-0.2, 0) is 11.3 Å². The first-order chi connectivity index (χ1) is 10.3. The fourth-order valence-electron chi connectivity index (χ4n) is 2.53. The van der Waals surface area contributed by atoms with Gasteiger partial charge >= 0.3 is 6.09 Å². The molecule has 22 heavy (non-hydrogen) atoms. The first kappa shape index (κ1) is 17.6. The monoisotopic (exact) mass is 420 g/mol. The second kappa shape index (κ2) is 7.68. The zero-order valence-corrected chi connectivity index (χ0v) is 15.7. The Labute approximate surface area is 145 Å². The molecule has 5 nitrogen and oxygen atoms in total. The Morgan fingerprint density at radius 2 is 2.27 bits per heavy atom. The highest BCUT2D eigenvalue weighted by molar-refractivity contribution is 14.1. The minimum atomic E-state index is -0.419. The number of hydrogen-bond donors (Lipinski definition) is 1. The lowest BCUT2D eigenvalue weighted by molar-refractivity contribution is 0.0287. The molecule has 0 aliphatic carbocycles. The van der Waals surface area contributed by atoms with E-state index in [0.29, 0.717) is 5.92 Å². The van der Waals surface area contributed by atoms with Crippen molar-refractivity contribution in [3.8, 4) is 0 Å². The predicted octanol–water partition coefficient (Wildman–Crippen LogP) is 3.62. The molecule has 1 aliphatic heterocycles. The van der Waals surface area contributed by atoms with Crippen LogP contribution in [0.5, 0.6) is 0 Å². The Hall–Kier alpha value is -0.760. The van der Waals surface area contributed by atoms with E-state index in [9.17, 15) is 4.79 Å². The number of hydrogen-bond acceptors (Lipinski definition) is 4. The van der Waals surface area contributed by atoms with Crippen LogP contribution in [0, 0.1) is 9.68 Å². The van der Waals surface area contributed by atoms with Crippen molar-refractivity contribution < 1.29 is 13.9 Å². The van der Waals surface area contributed by atoms with Gasteiger partial charge in [0.15, 0.2) is 3.77 Å². The van der Waals surface area contributed by atoms with E-state index >= 15 is 0 Å². The predicted molar refractivity (Wildman–Crippen MR) is 93.7 cm³/mol. The van der Waals surface area contributed by atoms with E-state index in [-0.39, 0.29) is 6.09 Å². The van der Waals surface area contributed by atoms with Gasteiger partial charge in [0, 0.05) is 13.1 Å². The number of halogens is 1. The van der Waals surface area contributed by atoms with Crippen molar-refractivity contribution in [3.05, 3.63) is 21.7 Å². The second-order valence-corrected chi connectivity index (χ2v) is 7.82. The van der Waals surface area contributed by atoms with Crippen molar-refractivity contribution in [1.82, 2.24) is 10.2 Å². The van der Waals surface area contributed by atoms with Crippen LogP contribution >= 0.6 is 22.6 Å². The quantitative estimate of drug-likeness (QED) is 0.584. The van der Waals surface area contributed by atoms with Gasteiger partial charge in [-0.1, -0.05) is 0 Å². The molecule has 0 saturated carbocycles. The lowest BCUT2D eigenvalue weighted by Crippen LogP contribution is -2.35. The van der Waals surface area contributed by atoms with Crippen LogP contribution in [0.1, 0.15) is 39.4 Å². The van der Waals surface area contributed by atoms with E-state index < -0.39 is 5.60 Å². The summed E-state index contributed by atoms with van der Waals surface area (Å²) < 4.78 is 11.8. The third-order valence-electron chi connectivity index (χ3n) is 3.59. The molecule has 1 saturated heterocycles. The van der Waals surface area contributed by atoms with Gasteiger partial charge in [0.05, 0.1) is 6.54 Å². The van der Waals surface area contributed by atoms with Crippen molar-refractivity contribution >= 4 is 28.7 Å². The van der Waals surface area contributed by atoms with Crippen LogP contribution in [0.25, 0.3) is 0 Å². The van der Waals surface area contributed by atoms with Gasteiger partial charge < -0.3 is 19.4 Å². The smallest absolute Gasteiger partial charge is 0.410 e. The third-order valence-corrected chi connectivity index (χ3v) is 4.17. The molecule has 6 heteroatoms. The summed E-state index contributed by atoms with van der Waals surface area (Å²) in [6.45, 7) is 9.00. The molecule has 0 radical (unpaired) electrons. The zero-order chi connectivity index (χ0) is 16.2. The number of ether oxygens (including phenoxy) is 1. The number of likely N-dealkylation sites (tertiary alicyclic amines) is 1. The maximum Gasteiger partial charge on any atom is 0.410 e. The standard InChI is InChI=1S/C16H25IN2O3/c1-16(2,3)22-15(20)19-9-7-12(11-19)6-8-18-10-13-4-5-14(17)21-13/h4-5,12,18H,6-11H2,1-3H3. The Morgan fingerprint density at radius 3 is 2.91 bits per heavy atom. The summed E-state index contributed by atoms with van der Waals surface area (Å²) >= 11 is 2.17. The van der Waals surface area contributed by atoms with E-state index in [1.165, 1.54) is 0 Å². The Balaban J connectivity index is 1.63. The van der Waals surface area contributed by atoms with Crippen molar-refractivity contribution in [2.75, 3.05) is 19.6 Å². The molecule has 1 aromatic heterocycles. The molecule has 0 bridgehead atoms. The SMILES string of the molecule is CC(C)(C)OC(=O)N1CCC(CCNCc2ccc(I)o2)C1. The number of carbonyl (C=O) groups excluding carboxylic acids is 1. The van der Waals surface area contributed by atoms with Crippen molar-refractivity contribution in [2.45, 2.75) is 45.8 Å². The van der Waals surface area contributed by atoms with Gasteiger partial charge in [-0.2, -0.15) is 0 Å². The van der Waals surface area contributed by atoms with Crippen LogP contribution in [0.3, 0.4) is 0 Å². The minimum absolute atomic E-state index is 0.187. The summed E-state index contributed by atoms with van der Waals surface area (Å²) in [4.78, 5) is 13.8. The summed E-state index contributed by atoms with van der Waals surface area (Å²) in [5.41, 5.74) is -0.419. The molecule has 0 aromatic carbocycles. The summed E-state index contributed by atoms with van der Waals surface area (Å²) in [6.07, 6.45) is 1.93. The highest BCUT2D eigenvalue weighted by atomic mass is 127. The van der Waals surface area contributed by atoms with E-state index in [2.05, 4.69) is 27.9 Å². The van der Waals surface area contributed by atoms with Crippen molar-refractivity contribution in [3.63, 3.8) is 0 Å². The average Bonchev–Trinajstić information content (AvgIpc) is 3.02. The van der Waals surface area contributed by atoms with Crippen LogP contribution < -0.4 is 5.32 Å². The summed E-state index contributed by atoms with van der Waals surface area (Å²) in [5, 5.41) is 3.39. The minimum Gasteiger partial charge on any atom is -0.454 e. The highest BCUT2D eigenvalue weighted by Gasteiger charge is 2.29. The van der Waals surface area contributed by atoms with E-state index in [1.54, 1.807) is 0 Å². The molecule has 0 spiro atoms. The first-order valence-electron chi connectivity index (χ1n) is 7.76. The molecule has 2 rings (SSSR count). The van der Waals surface area contributed by atoms with Gasteiger partial charge in [0.25, 0.3) is 0 Å². The highest BCUT2D eigenvalue weighted by Crippen LogP contribution is 2.21. The van der Waals surface area contributed by atoms with Gasteiger partial charge in [-0.3, -0.25) is 0 Å². The molecule has 124 valence electrons. The molecule has 2 heterocycles. The molecule has 1 unspecified atom stereocenters.